The van der Waals surface area contributed by atoms with E-state index in [9.17, 15) is 0 Å². The van der Waals surface area contributed by atoms with Gasteiger partial charge in [0.2, 0.25) is 0 Å². The number of fused-ring (bicyclic) bond motifs is 1. The van der Waals surface area contributed by atoms with Crippen molar-refractivity contribution in [1.82, 2.24) is 9.38 Å². The number of anilines is 1. The Morgan fingerprint density at radius 3 is 2.90 bits per heavy atom. The van der Waals surface area contributed by atoms with Crippen molar-refractivity contribution in [1.29, 1.82) is 0 Å². The fourth-order valence-corrected chi connectivity index (χ4v) is 3.21. The molecule has 3 rings (SSSR count). The maximum Gasteiger partial charge on any atom is 0.194 e. The third-order valence-corrected chi connectivity index (χ3v) is 4.66. The molecule has 108 valence electrons. The van der Waals surface area contributed by atoms with Crippen molar-refractivity contribution in [2.24, 2.45) is 5.10 Å². The van der Waals surface area contributed by atoms with Gasteiger partial charge in [-0.05, 0) is 38.5 Å². The molecule has 2 heterocycles. The molecule has 2 aromatic heterocycles. The second kappa shape index (κ2) is 5.50. The van der Waals surface area contributed by atoms with Crippen LogP contribution in [0.1, 0.15) is 22.6 Å². The normalized spacial score (nSPS) is 11.6. The first-order valence-electron chi connectivity index (χ1n) is 6.54. The SMILES string of the molecule is Cc1ccc(N/N=C/c2c(C)nc3scc(C)n23)cc1Cl. The van der Waals surface area contributed by atoms with Crippen LogP contribution >= 0.6 is 22.9 Å². The van der Waals surface area contributed by atoms with Gasteiger partial charge in [0.15, 0.2) is 4.96 Å². The van der Waals surface area contributed by atoms with Crippen molar-refractivity contribution in [3.05, 3.63) is 51.2 Å². The summed E-state index contributed by atoms with van der Waals surface area (Å²) in [5.41, 5.74) is 8.04. The van der Waals surface area contributed by atoms with E-state index in [1.54, 1.807) is 17.6 Å². The van der Waals surface area contributed by atoms with Gasteiger partial charge in [0.1, 0.15) is 0 Å². The number of thiazole rings is 1. The van der Waals surface area contributed by atoms with E-state index in [1.165, 1.54) is 0 Å². The summed E-state index contributed by atoms with van der Waals surface area (Å²) >= 11 is 7.73. The van der Waals surface area contributed by atoms with Gasteiger partial charge in [0, 0.05) is 16.1 Å². The highest BCUT2D eigenvalue weighted by molar-refractivity contribution is 7.15. The Morgan fingerprint density at radius 1 is 1.33 bits per heavy atom. The molecule has 0 fully saturated rings. The molecular formula is C15H15ClN4S. The smallest absolute Gasteiger partial charge is 0.194 e. The number of nitrogens with zero attached hydrogens (tertiary/aromatic N) is 3. The van der Waals surface area contributed by atoms with E-state index in [4.69, 9.17) is 11.6 Å². The Hall–Kier alpha value is -1.85. The number of aromatic nitrogens is 2. The Balaban J connectivity index is 1.86. The average Bonchev–Trinajstić information content (AvgIpc) is 2.95. The molecule has 21 heavy (non-hydrogen) atoms. The van der Waals surface area contributed by atoms with Gasteiger partial charge >= 0.3 is 0 Å². The monoisotopic (exact) mass is 318 g/mol. The van der Waals surface area contributed by atoms with Crippen LogP contribution in [0.5, 0.6) is 0 Å². The van der Waals surface area contributed by atoms with Crippen LogP contribution in [0, 0.1) is 20.8 Å². The highest BCUT2D eigenvalue weighted by Gasteiger charge is 2.10. The number of nitrogens with one attached hydrogen (secondary N) is 1. The molecule has 3 aromatic rings. The van der Waals surface area contributed by atoms with E-state index in [1.807, 2.05) is 32.0 Å². The lowest BCUT2D eigenvalue weighted by Crippen LogP contribution is -1.97. The zero-order valence-corrected chi connectivity index (χ0v) is 13.6. The number of aryl methyl sites for hydroxylation is 3. The number of benzene rings is 1. The summed E-state index contributed by atoms with van der Waals surface area (Å²) in [5.74, 6) is 0. The predicted octanol–water partition coefficient (Wildman–Crippen LogP) is 4.42. The summed E-state index contributed by atoms with van der Waals surface area (Å²) in [6.07, 6.45) is 1.79. The quantitative estimate of drug-likeness (QED) is 0.573. The molecule has 0 atom stereocenters. The molecular weight excluding hydrogens is 304 g/mol. The van der Waals surface area contributed by atoms with Crippen LogP contribution in [0.15, 0.2) is 28.7 Å². The molecule has 0 amide bonds. The van der Waals surface area contributed by atoms with E-state index in [2.05, 4.69) is 32.2 Å². The second-order valence-electron chi connectivity index (χ2n) is 4.91. The van der Waals surface area contributed by atoms with Crippen LogP contribution in [-0.2, 0) is 0 Å². The van der Waals surface area contributed by atoms with Gasteiger partial charge in [-0.3, -0.25) is 9.83 Å². The van der Waals surface area contributed by atoms with Gasteiger partial charge in [0.05, 0.1) is 23.3 Å². The molecule has 4 nitrogen and oxygen atoms in total. The van der Waals surface area contributed by atoms with Crippen molar-refractivity contribution in [2.75, 3.05) is 5.43 Å². The first-order valence-corrected chi connectivity index (χ1v) is 7.80. The lowest BCUT2D eigenvalue weighted by Gasteiger charge is -2.03. The van der Waals surface area contributed by atoms with Crippen LogP contribution in [0.25, 0.3) is 4.96 Å². The highest BCUT2D eigenvalue weighted by Crippen LogP contribution is 2.21. The molecule has 0 aliphatic rings. The molecule has 0 saturated heterocycles. The molecule has 0 aliphatic heterocycles. The first-order chi connectivity index (χ1) is 10.1. The summed E-state index contributed by atoms with van der Waals surface area (Å²) < 4.78 is 2.10. The lowest BCUT2D eigenvalue weighted by atomic mass is 10.2. The Labute approximate surface area is 132 Å². The Morgan fingerprint density at radius 2 is 2.14 bits per heavy atom. The number of hydrazone groups is 1. The van der Waals surface area contributed by atoms with Crippen molar-refractivity contribution in [3.8, 4) is 0 Å². The fraction of sp³-hybridized carbons (Fsp3) is 0.200. The minimum atomic E-state index is 0.729. The average molecular weight is 319 g/mol. The van der Waals surface area contributed by atoms with Gasteiger partial charge in [-0.25, -0.2) is 4.98 Å². The summed E-state index contributed by atoms with van der Waals surface area (Å²) in [5, 5.41) is 7.11. The van der Waals surface area contributed by atoms with E-state index in [0.717, 1.165) is 38.3 Å². The molecule has 0 saturated carbocycles. The number of rotatable bonds is 3. The van der Waals surface area contributed by atoms with Crippen LogP contribution < -0.4 is 5.43 Å². The molecule has 6 heteroatoms. The molecule has 1 aromatic carbocycles. The maximum absolute atomic E-state index is 6.10. The molecule has 1 N–H and O–H groups in total. The standard InChI is InChI=1S/C15H15ClN4S/c1-9-4-5-12(6-13(9)16)19-17-7-14-11(3)18-15-20(14)10(2)8-21-15/h4-8,19H,1-3H3/b17-7+. The summed E-state index contributed by atoms with van der Waals surface area (Å²) in [6.45, 7) is 6.03. The fourth-order valence-electron chi connectivity index (χ4n) is 2.11. The van der Waals surface area contributed by atoms with Crippen molar-refractivity contribution < 1.29 is 0 Å². The minimum absolute atomic E-state index is 0.729. The molecule has 0 spiro atoms. The van der Waals surface area contributed by atoms with Gasteiger partial charge in [-0.1, -0.05) is 17.7 Å². The van der Waals surface area contributed by atoms with Crippen LogP contribution in [-0.4, -0.2) is 15.6 Å². The molecule has 0 radical (unpaired) electrons. The van der Waals surface area contributed by atoms with Crippen LogP contribution in [0.2, 0.25) is 5.02 Å². The van der Waals surface area contributed by atoms with Gasteiger partial charge in [0.25, 0.3) is 0 Å². The minimum Gasteiger partial charge on any atom is -0.286 e. The summed E-state index contributed by atoms with van der Waals surface area (Å²) in [4.78, 5) is 5.52. The van der Waals surface area contributed by atoms with E-state index in [-0.39, 0.29) is 0 Å². The topological polar surface area (TPSA) is 41.7 Å². The summed E-state index contributed by atoms with van der Waals surface area (Å²) in [6, 6.07) is 5.78. The lowest BCUT2D eigenvalue weighted by molar-refractivity contribution is 1.11. The molecule has 0 bridgehead atoms. The first kappa shape index (κ1) is 14.1. The third-order valence-electron chi connectivity index (χ3n) is 3.31. The number of imidazole rings is 1. The van der Waals surface area contributed by atoms with Gasteiger partial charge in [-0.15, -0.1) is 11.3 Å². The van der Waals surface area contributed by atoms with E-state index in [0.29, 0.717) is 0 Å². The van der Waals surface area contributed by atoms with Crippen LogP contribution in [0.3, 0.4) is 0 Å². The Kier molecular flexibility index (Phi) is 3.69. The van der Waals surface area contributed by atoms with Crippen molar-refractivity contribution in [2.45, 2.75) is 20.8 Å². The highest BCUT2D eigenvalue weighted by atomic mass is 35.5. The zero-order valence-electron chi connectivity index (χ0n) is 12.0. The van der Waals surface area contributed by atoms with Gasteiger partial charge < -0.3 is 0 Å². The largest absolute Gasteiger partial charge is 0.286 e. The van der Waals surface area contributed by atoms with Crippen LogP contribution in [0.4, 0.5) is 5.69 Å². The Bertz CT molecular complexity index is 832. The van der Waals surface area contributed by atoms with Gasteiger partial charge in [-0.2, -0.15) is 5.10 Å². The number of halogens is 1. The van der Waals surface area contributed by atoms with Crippen molar-refractivity contribution in [3.63, 3.8) is 0 Å². The number of hydrogen-bond acceptors (Lipinski definition) is 4. The molecule has 0 unspecified atom stereocenters. The van der Waals surface area contributed by atoms with Crippen molar-refractivity contribution >= 4 is 39.8 Å². The zero-order chi connectivity index (χ0) is 15.0. The van der Waals surface area contributed by atoms with E-state index >= 15 is 0 Å². The third kappa shape index (κ3) is 2.66. The van der Waals surface area contributed by atoms with E-state index < -0.39 is 0 Å². The number of hydrogen-bond donors (Lipinski definition) is 1. The molecule has 0 aliphatic carbocycles. The predicted molar refractivity (Wildman–Crippen MR) is 89.9 cm³/mol. The second-order valence-corrected chi connectivity index (χ2v) is 6.16. The summed E-state index contributed by atoms with van der Waals surface area (Å²) in [7, 11) is 0. The maximum atomic E-state index is 6.10.